The second-order valence-corrected chi connectivity index (χ2v) is 5.70. The fourth-order valence-electron chi connectivity index (χ4n) is 3.16. The van der Waals surface area contributed by atoms with Gasteiger partial charge >= 0.3 is 0 Å². The van der Waals surface area contributed by atoms with Crippen molar-refractivity contribution < 1.29 is 0 Å². The first-order valence-corrected chi connectivity index (χ1v) is 6.84. The minimum Gasteiger partial charge on any atom is -0.0590 e. The van der Waals surface area contributed by atoms with Crippen molar-refractivity contribution in [1.82, 2.24) is 0 Å². The van der Waals surface area contributed by atoms with Crippen molar-refractivity contribution in [2.45, 2.75) is 20.3 Å². The van der Waals surface area contributed by atoms with Gasteiger partial charge in [-0.2, -0.15) is 0 Å². The first-order valence-electron chi connectivity index (χ1n) is 6.84. The summed E-state index contributed by atoms with van der Waals surface area (Å²) in [4.78, 5) is 0. The van der Waals surface area contributed by atoms with Crippen LogP contribution >= 0.6 is 0 Å². The molecule has 0 saturated carbocycles. The van der Waals surface area contributed by atoms with Crippen LogP contribution in [0.2, 0.25) is 0 Å². The predicted octanol–water partition coefficient (Wildman–Crippen LogP) is 5.03. The molecule has 0 amide bonds. The topological polar surface area (TPSA) is 0 Å². The summed E-state index contributed by atoms with van der Waals surface area (Å²) in [6.07, 6.45) is 1.08. The Kier molecular flexibility index (Phi) is 2.11. The Balaban J connectivity index is 2.02. The van der Waals surface area contributed by atoms with E-state index in [0.717, 1.165) is 6.42 Å². The number of rotatable bonds is 0. The number of fused-ring (bicyclic) bond motifs is 4. The Morgan fingerprint density at radius 3 is 2.26 bits per heavy atom. The molecule has 0 spiro atoms. The van der Waals surface area contributed by atoms with Crippen LogP contribution < -0.4 is 0 Å². The molecule has 1 aliphatic rings. The summed E-state index contributed by atoms with van der Waals surface area (Å²) in [5.41, 5.74) is 8.47. The van der Waals surface area contributed by atoms with Crippen molar-refractivity contribution in [3.05, 3.63) is 70.8 Å². The number of aryl methyl sites for hydroxylation is 2. The average Bonchev–Trinajstić information content (AvgIpc) is 2.73. The van der Waals surface area contributed by atoms with Crippen LogP contribution in [-0.2, 0) is 6.42 Å². The van der Waals surface area contributed by atoms with E-state index in [-0.39, 0.29) is 0 Å². The predicted molar refractivity (Wildman–Crippen MR) is 81.7 cm³/mol. The molecule has 0 nitrogen and oxygen atoms in total. The molecule has 0 unspecified atom stereocenters. The molecule has 3 aromatic carbocycles. The maximum Gasteiger partial charge on any atom is -0.00132 e. The van der Waals surface area contributed by atoms with Crippen molar-refractivity contribution >= 4 is 10.8 Å². The summed E-state index contributed by atoms with van der Waals surface area (Å²) >= 11 is 0. The van der Waals surface area contributed by atoms with Gasteiger partial charge in [-0.1, -0.05) is 53.6 Å². The molecule has 0 fully saturated rings. The van der Waals surface area contributed by atoms with Gasteiger partial charge in [-0.25, -0.2) is 0 Å². The van der Waals surface area contributed by atoms with E-state index in [2.05, 4.69) is 62.4 Å². The standard InChI is InChI=1S/C19H16/c1-12-3-5-14-11-19-17(10-16(14)7-12)9-15-6-4-13(2)8-18(15)19/h3-8,10-11H,9H2,1-2H3. The molecule has 0 radical (unpaired) electrons. The third-order valence-corrected chi connectivity index (χ3v) is 4.15. The smallest absolute Gasteiger partial charge is 0.00132 e. The van der Waals surface area contributed by atoms with Crippen molar-refractivity contribution in [3.63, 3.8) is 0 Å². The van der Waals surface area contributed by atoms with Crippen LogP contribution in [0.25, 0.3) is 21.9 Å². The lowest BCUT2D eigenvalue weighted by molar-refractivity contribution is 1.26. The minimum absolute atomic E-state index is 1.08. The van der Waals surface area contributed by atoms with Crippen LogP contribution in [0.3, 0.4) is 0 Å². The van der Waals surface area contributed by atoms with E-state index in [1.807, 2.05) is 0 Å². The highest BCUT2D eigenvalue weighted by molar-refractivity contribution is 5.92. The molecule has 0 aliphatic heterocycles. The van der Waals surface area contributed by atoms with E-state index < -0.39 is 0 Å². The van der Waals surface area contributed by atoms with Crippen molar-refractivity contribution in [3.8, 4) is 11.1 Å². The number of hydrogen-bond donors (Lipinski definition) is 0. The lowest BCUT2D eigenvalue weighted by Gasteiger charge is -2.06. The first kappa shape index (κ1) is 10.8. The second kappa shape index (κ2) is 3.71. The van der Waals surface area contributed by atoms with E-state index in [4.69, 9.17) is 0 Å². The van der Waals surface area contributed by atoms with Crippen LogP contribution in [-0.4, -0.2) is 0 Å². The van der Waals surface area contributed by atoms with E-state index in [9.17, 15) is 0 Å². The molecule has 0 atom stereocenters. The summed E-state index contributed by atoms with van der Waals surface area (Å²) in [5.74, 6) is 0. The molecule has 0 heteroatoms. The molecule has 3 aromatic rings. The van der Waals surface area contributed by atoms with Gasteiger partial charge in [0.1, 0.15) is 0 Å². The second-order valence-electron chi connectivity index (χ2n) is 5.70. The highest BCUT2D eigenvalue weighted by Crippen LogP contribution is 2.39. The van der Waals surface area contributed by atoms with Gasteiger partial charge in [0.25, 0.3) is 0 Å². The average molecular weight is 244 g/mol. The maximum atomic E-state index is 2.37. The van der Waals surface area contributed by atoms with Gasteiger partial charge in [0, 0.05) is 0 Å². The van der Waals surface area contributed by atoms with E-state index >= 15 is 0 Å². The SMILES string of the molecule is Cc1ccc2c(c1)-c1cc3ccc(C)cc3cc1C2. The molecule has 19 heavy (non-hydrogen) atoms. The zero-order chi connectivity index (χ0) is 13.0. The molecule has 1 aliphatic carbocycles. The maximum absolute atomic E-state index is 2.37. The molecule has 0 bridgehead atoms. The summed E-state index contributed by atoms with van der Waals surface area (Å²) in [6.45, 7) is 4.33. The molecule has 92 valence electrons. The zero-order valence-electron chi connectivity index (χ0n) is 11.3. The third kappa shape index (κ3) is 1.60. The van der Waals surface area contributed by atoms with E-state index in [1.54, 1.807) is 0 Å². The van der Waals surface area contributed by atoms with Crippen molar-refractivity contribution in [2.24, 2.45) is 0 Å². The Labute approximate surface area is 113 Å². The summed E-state index contributed by atoms with van der Waals surface area (Å²) in [7, 11) is 0. The van der Waals surface area contributed by atoms with Crippen LogP contribution in [0, 0.1) is 13.8 Å². The normalized spacial score (nSPS) is 12.5. The highest BCUT2D eigenvalue weighted by Gasteiger charge is 2.18. The zero-order valence-corrected chi connectivity index (χ0v) is 11.3. The lowest BCUT2D eigenvalue weighted by atomic mass is 9.99. The fourth-order valence-corrected chi connectivity index (χ4v) is 3.16. The van der Waals surface area contributed by atoms with Crippen LogP contribution in [0.1, 0.15) is 22.3 Å². The third-order valence-electron chi connectivity index (χ3n) is 4.15. The van der Waals surface area contributed by atoms with E-state index in [1.165, 1.54) is 44.2 Å². The van der Waals surface area contributed by atoms with E-state index in [0.29, 0.717) is 0 Å². The van der Waals surface area contributed by atoms with Gasteiger partial charge in [-0.05, 0) is 59.4 Å². The Morgan fingerprint density at radius 1 is 0.632 bits per heavy atom. The first-order chi connectivity index (χ1) is 9.20. The van der Waals surface area contributed by atoms with Crippen molar-refractivity contribution in [2.75, 3.05) is 0 Å². The molecule has 4 rings (SSSR count). The van der Waals surface area contributed by atoms with Gasteiger partial charge < -0.3 is 0 Å². The monoisotopic (exact) mass is 244 g/mol. The lowest BCUT2D eigenvalue weighted by Crippen LogP contribution is -1.82. The van der Waals surface area contributed by atoms with Gasteiger partial charge in [-0.3, -0.25) is 0 Å². The quantitative estimate of drug-likeness (QED) is 0.407. The van der Waals surface area contributed by atoms with Gasteiger partial charge in [-0.15, -0.1) is 0 Å². The fraction of sp³-hybridized carbons (Fsp3) is 0.158. The molecular weight excluding hydrogens is 228 g/mol. The highest BCUT2D eigenvalue weighted by atomic mass is 14.2. The minimum atomic E-state index is 1.08. The molecule has 0 N–H and O–H groups in total. The van der Waals surface area contributed by atoms with Gasteiger partial charge in [0.2, 0.25) is 0 Å². The molecule has 0 aromatic heterocycles. The van der Waals surface area contributed by atoms with Crippen molar-refractivity contribution in [1.29, 1.82) is 0 Å². The Morgan fingerprint density at radius 2 is 1.37 bits per heavy atom. The summed E-state index contributed by atoms with van der Waals surface area (Å²) in [5, 5.41) is 2.71. The summed E-state index contributed by atoms with van der Waals surface area (Å²) < 4.78 is 0. The largest absolute Gasteiger partial charge is 0.0590 e. The van der Waals surface area contributed by atoms with Gasteiger partial charge in [0.15, 0.2) is 0 Å². The molecule has 0 saturated heterocycles. The Hall–Kier alpha value is -2.08. The summed E-state index contributed by atoms with van der Waals surface area (Å²) in [6, 6.07) is 18.3. The molecular formula is C19H16. The van der Waals surface area contributed by atoms with Crippen LogP contribution in [0.5, 0.6) is 0 Å². The van der Waals surface area contributed by atoms with Crippen LogP contribution in [0.4, 0.5) is 0 Å². The number of hydrogen-bond acceptors (Lipinski definition) is 0. The van der Waals surface area contributed by atoms with Gasteiger partial charge in [0.05, 0.1) is 0 Å². The molecule has 0 heterocycles. The van der Waals surface area contributed by atoms with Crippen LogP contribution in [0.15, 0.2) is 48.5 Å². The Bertz CT molecular complexity index is 810. The number of benzene rings is 3.